The van der Waals surface area contributed by atoms with Gasteiger partial charge in [0.1, 0.15) is 0 Å². The van der Waals surface area contributed by atoms with Crippen LogP contribution in [0.4, 0.5) is 17.1 Å². The molecular formula is C22H20N4O6S. The van der Waals surface area contributed by atoms with Crippen molar-refractivity contribution in [3.63, 3.8) is 0 Å². The van der Waals surface area contributed by atoms with Gasteiger partial charge in [0.05, 0.1) is 21.1 Å². The summed E-state index contributed by atoms with van der Waals surface area (Å²) in [6.07, 6.45) is 0. The standard InChI is InChI=1S/C22H20N4O6S/c1-14-17(21(27)23-2)10-6-12-19(14)24-22(28)18-9-3-4-11-20(18)25-33(31,32)16-8-5-7-15(13-16)26(29)30/h3-13,25H,1-2H3,(H,23,27)(H,24,28). The molecule has 0 radical (unpaired) electrons. The first-order valence-corrected chi connectivity index (χ1v) is 11.1. The summed E-state index contributed by atoms with van der Waals surface area (Å²) in [5.74, 6) is -0.918. The fourth-order valence-electron chi connectivity index (χ4n) is 3.08. The number of rotatable bonds is 7. The Bertz CT molecular complexity index is 1350. The number of nitrogens with zero attached hydrogens (tertiary/aromatic N) is 1. The summed E-state index contributed by atoms with van der Waals surface area (Å²) in [4.78, 5) is 34.9. The van der Waals surface area contributed by atoms with E-state index in [-0.39, 0.29) is 27.7 Å². The van der Waals surface area contributed by atoms with E-state index in [0.29, 0.717) is 16.8 Å². The van der Waals surface area contributed by atoms with E-state index in [1.807, 2.05) is 0 Å². The topological polar surface area (TPSA) is 148 Å². The number of benzene rings is 3. The monoisotopic (exact) mass is 468 g/mol. The maximum Gasteiger partial charge on any atom is 0.270 e. The van der Waals surface area contributed by atoms with Crippen molar-refractivity contribution in [3.8, 4) is 0 Å². The van der Waals surface area contributed by atoms with Crippen LogP contribution in [0.15, 0.2) is 71.6 Å². The van der Waals surface area contributed by atoms with E-state index in [4.69, 9.17) is 0 Å². The van der Waals surface area contributed by atoms with Crippen molar-refractivity contribution >= 4 is 38.9 Å². The minimum Gasteiger partial charge on any atom is -0.355 e. The molecule has 0 spiro atoms. The number of non-ortho nitro benzene ring substituents is 1. The summed E-state index contributed by atoms with van der Waals surface area (Å²) in [6.45, 7) is 1.68. The van der Waals surface area contributed by atoms with Crippen LogP contribution in [0.1, 0.15) is 26.3 Å². The molecule has 2 amide bonds. The molecule has 0 aliphatic heterocycles. The third kappa shape index (κ3) is 5.15. The minimum atomic E-state index is -4.22. The first-order chi connectivity index (χ1) is 15.6. The Morgan fingerprint density at radius 2 is 1.52 bits per heavy atom. The molecule has 11 heteroatoms. The number of nitro benzene ring substituents is 1. The van der Waals surface area contributed by atoms with Crippen LogP contribution in [0.2, 0.25) is 0 Å². The van der Waals surface area contributed by atoms with Gasteiger partial charge in [-0.3, -0.25) is 24.4 Å². The van der Waals surface area contributed by atoms with E-state index in [2.05, 4.69) is 15.4 Å². The lowest BCUT2D eigenvalue weighted by Gasteiger charge is -2.15. The van der Waals surface area contributed by atoms with Crippen LogP contribution in [0.3, 0.4) is 0 Å². The number of hydrogen-bond acceptors (Lipinski definition) is 6. The number of carbonyl (C=O) groups excluding carboxylic acids is 2. The number of anilines is 2. The molecule has 0 aliphatic carbocycles. The number of carbonyl (C=O) groups is 2. The molecule has 0 heterocycles. The van der Waals surface area contributed by atoms with Gasteiger partial charge < -0.3 is 10.6 Å². The van der Waals surface area contributed by atoms with Crippen molar-refractivity contribution in [2.24, 2.45) is 0 Å². The van der Waals surface area contributed by atoms with Crippen LogP contribution >= 0.6 is 0 Å². The highest BCUT2D eigenvalue weighted by Crippen LogP contribution is 2.25. The van der Waals surface area contributed by atoms with Crippen LogP contribution in [-0.4, -0.2) is 32.2 Å². The summed E-state index contributed by atoms with van der Waals surface area (Å²) < 4.78 is 27.9. The van der Waals surface area contributed by atoms with Gasteiger partial charge in [-0.2, -0.15) is 0 Å². The number of nitro groups is 1. The molecule has 0 saturated carbocycles. The smallest absolute Gasteiger partial charge is 0.270 e. The second kappa shape index (κ2) is 9.49. The third-order valence-electron chi connectivity index (χ3n) is 4.81. The van der Waals surface area contributed by atoms with Crippen molar-refractivity contribution in [1.82, 2.24) is 5.32 Å². The van der Waals surface area contributed by atoms with Crippen LogP contribution in [-0.2, 0) is 10.0 Å². The lowest BCUT2D eigenvalue weighted by Crippen LogP contribution is -2.21. The average molecular weight is 468 g/mol. The zero-order chi connectivity index (χ0) is 24.2. The number of sulfonamides is 1. The summed E-state index contributed by atoms with van der Waals surface area (Å²) >= 11 is 0. The molecule has 0 aliphatic rings. The maximum atomic E-state index is 13.0. The molecule has 3 N–H and O–H groups in total. The van der Waals surface area contributed by atoms with E-state index in [1.165, 1.54) is 37.4 Å². The summed E-state index contributed by atoms with van der Waals surface area (Å²) in [6, 6.07) is 15.4. The molecule has 0 atom stereocenters. The molecule has 0 saturated heterocycles. The summed E-state index contributed by atoms with van der Waals surface area (Å²) in [7, 11) is -2.72. The number of amides is 2. The van der Waals surface area contributed by atoms with Gasteiger partial charge in [0.25, 0.3) is 27.5 Å². The largest absolute Gasteiger partial charge is 0.355 e. The Morgan fingerprint density at radius 1 is 0.879 bits per heavy atom. The van der Waals surface area contributed by atoms with E-state index in [0.717, 1.165) is 6.07 Å². The molecule has 170 valence electrons. The van der Waals surface area contributed by atoms with Gasteiger partial charge in [0.2, 0.25) is 0 Å². The van der Waals surface area contributed by atoms with Gasteiger partial charge in [-0.05, 0) is 42.8 Å². The second-order valence-electron chi connectivity index (χ2n) is 6.92. The Balaban J connectivity index is 1.91. The molecule has 10 nitrogen and oxygen atoms in total. The van der Waals surface area contributed by atoms with Crippen LogP contribution in [0.5, 0.6) is 0 Å². The van der Waals surface area contributed by atoms with Gasteiger partial charge in [-0.1, -0.05) is 24.3 Å². The Labute approximate surface area is 189 Å². The Hall–Kier alpha value is -4.25. The van der Waals surface area contributed by atoms with Crippen molar-refractivity contribution in [2.75, 3.05) is 17.1 Å². The summed E-state index contributed by atoms with van der Waals surface area (Å²) in [5, 5.41) is 16.2. The second-order valence-corrected chi connectivity index (χ2v) is 8.60. The fraction of sp³-hybridized carbons (Fsp3) is 0.0909. The molecule has 0 aromatic heterocycles. The zero-order valence-electron chi connectivity index (χ0n) is 17.7. The fourth-order valence-corrected chi connectivity index (χ4v) is 4.20. The van der Waals surface area contributed by atoms with Crippen molar-refractivity contribution in [2.45, 2.75) is 11.8 Å². The predicted octanol–water partition coefficient (Wildman–Crippen LogP) is 3.32. The minimum absolute atomic E-state index is 0.0124. The van der Waals surface area contributed by atoms with Gasteiger partial charge in [0, 0.05) is 30.4 Å². The first-order valence-electron chi connectivity index (χ1n) is 9.63. The van der Waals surface area contributed by atoms with Crippen molar-refractivity contribution < 1.29 is 22.9 Å². The van der Waals surface area contributed by atoms with Crippen LogP contribution in [0.25, 0.3) is 0 Å². The quantitative estimate of drug-likeness (QED) is 0.358. The molecule has 3 rings (SSSR count). The van der Waals surface area contributed by atoms with Crippen molar-refractivity contribution in [1.29, 1.82) is 0 Å². The highest BCUT2D eigenvalue weighted by Gasteiger charge is 2.21. The van der Waals surface area contributed by atoms with E-state index in [1.54, 1.807) is 37.3 Å². The number of hydrogen-bond donors (Lipinski definition) is 3. The SMILES string of the molecule is CNC(=O)c1cccc(NC(=O)c2ccccc2NS(=O)(=O)c2cccc([N+](=O)[O-])c2)c1C. The first kappa shape index (κ1) is 23.4. The highest BCUT2D eigenvalue weighted by atomic mass is 32.2. The van der Waals surface area contributed by atoms with E-state index >= 15 is 0 Å². The molecular weight excluding hydrogens is 448 g/mol. The number of para-hydroxylation sites is 1. The highest BCUT2D eigenvalue weighted by molar-refractivity contribution is 7.92. The zero-order valence-corrected chi connectivity index (χ0v) is 18.5. The third-order valence-corrected chi connectivity index (χ3v) is 6.17. The Morgan fingerprint density at radius 3 is 2.21 bits per heavy atom. The van der Waals surface area contributed by atoms with Gasteiger partial charge in [-0.15, -0.1) is 0 Å². The lowest BCUT2D eigenvalue weighted by molar-refractivity contribution is -0.385. The van der Waals surface area contributed by atoms with Gasteiger partial charge in [-0.25, -0.2) is 8.42 Å². The molecule has 0 bridgehead atoms. The maximum absolute atomic E-state index is 13.0. The van der Waals surface area contributed by atoms with Crippen molar-refractivity contribution in [3.05, 3.63) is 93.5 Å². The average Bonchev–Trinajstić information content (AvgIpc) is 2.80. The Kier molecular flexibility index (Phi) is 6.73. The van der Waals surface area contributed by atoms with E-state index < -0.39 is 20.9 Å². The van der Waals surface area contributed by atoms with Gasteiger partial charge in [0.15, 0.2) is 0 Å². The molecule has 33 heavy (non-hydrogen) atoms. The molecule has 0 fully saturated rings. The number of nitrogens with one attached hydrogen (secondary N) is 3. The predicted molar refractivity (Wildman–Crippen MR) is 123 cm³/mol. The summed E-state index contributed by atoms with van der Waals surface area (Å²) in [5.41, 5.74) is 0.945. The lowest BCUT2D eigenvalue weighted by atomic mass is 10.1. The normalized spacial score (nSPS) is 10.8. The van der Waals surface area contributed by atoms with Gasteiger partial charge >= 0.3 is 0 Å². The molecule has 3 aromatic carbocycles. The van der Waals surface area contributed by atoms with E-state index in [9.17, 15) is 28.1 Å². The van der Waals surface area contributed by atoms with Crippen LogP contribution < -0.4 is 15.4 Å². The molecule has 3 aromatic rings. The molecule has 0 unspecified atom stereocenters. The van der Waals surface area contributed by atoms with Crippen LogP contribution in [0, 0.1) is 17.0 Å².